The maximum atomic E-state index is 10.8. The molecule has 3 aromatic heterocycles. The van der Waals surface area contributed by atoms with E-state index < -0.39 is 10.1 Å². The van der Waals surface area contributed by atoms with Crippen molar-refractivity contribution in [2.45, 2.75) is 18.2 Å². The van der Waals surface area contributed by atoms with Crippen molar-refractivity contribution in [3.05, 3.63) is 120 Å². The molecule has 3 heterocycles. The molecule has 0 unspecified atom stereocenters. The number of thiophene rings is 1. The summed E-state index contributed by atoms with van der Waals surface area (Å²) in [6.07, 6.45) is 6.01. The van der Waals surface area contributed by atoms with E-state index in [0.717, 1.165) is 6.42 Å². The number of nitrogens with zero attached hydrogens (tertiary/aromatic N) is 1. The van der Waals surface area contributed by atoms with Crippen LogP contribution in [0.25, 0.3) is 10.9 Å². The van der Waals surface area contributed by atoms with Crippen LogP contribution in [0.5, 0.6) is 0 Å². The van der Waals surface area contributed by atoms with E-state index in [1.807, 2.05) is 41.1 Å². The predicted octanol–water partition coefficient (Wildman–Crippen LogP) is 6.76. The molecule has 0 bridgehead atoms. The number of pyridine rings is 1. The minimum atomic E-state index is -4.12. The first-order valence-electron chi connectivity index (χ1n) is 9.81. The Morgan fingerprint density at radius 3 is 2.03 bits per heavy atom. The van der Waals surface area contributed by atoms with E-state index >= 15 is 0 Å². The highest BCUT2D eigenvalue weighted by atomic mass is 32.2. The Morgan fingerprint density at radius 2 is 1.56 bits per heavy atom. The SMILES string of the molecule is CCc1ccccc1.O=S(=O)(O)c1ccc2ncccc2c1.c1ccoc1.c1ccsc1. The zero-order valence-electron chi connectivity index (χ0n) is 17.6. The molecule has 0 atom stereocenters. The van der Waals surface area contributed by atoms with Gasteiger partial charge < -0.3 is 4.42 Å². The minimum Gasteiger partial charge on any atom is -0.473 e. The van der Waals surface area contributed by atoms with Gasteiger partial charge in [-0.2, -0.15) is 19.8 Å². The number of aryl methyl sites for hydroxylation is 1. The van der Waals surface area contributed by atoms with Crippen LogP contribution < -0.4 is 0 Å². The van der Waals surface area contributed by atoms with E-state index in [9.17, 15) is 8.42 Å². The van der Waals surface area contributed by atoms with Crippen molar-refractivity contribution in [1.82, 2.24) is 4.98 Å². The fourth-order valence-corrected chi connectivity index (χ4v) is 3.35. The molecular weight excluding hydrogens is 442 g/mol. The predicted molar refractivity (Wildman–Crippen MR) is 130 cm³/mol. The van der Waals surface area contributed by atoms with Gasteiger partial charge in [0.2, 0.25) is 0 Å². The van der Waals surface area contributed by atoms with Gasteiger partial charge in [-0.25, -0.2) is 0 Å². The maximum absolute atomic E-state index is 10.8. The highest BCUT2D eigenvalue weighted by Gasteiger charge is 2.09. The van der Waals surface area contributed by atoms with Crippen molar-refractivity contribution in [2.24, 2.45) is 0 Å². The molecule has 1 N–H and O–H groups in total. The standard InChI is InChI=1S/C9H7NO3S.C8H10.C4H4O.C4H4S/c11-14(12,13)8-3-4-9-7(6-8)2-1-5-10-9;1-2-8-6-4-3-5-7-8;2*1-2-4-5-3-1/h1-6H,(H,11,12,13);3-7H,2H2,1H3;2*1-4H. The monoisotopic (exact) mass is 467 g/mol. The molecular formula is C25H25NO4S2. The molecule has 0 saturated heterocycles. The zero-order chi connectivity index (χ0) is 23.1. The van der Waals surface area contributed by atoms with Gasteiger partial charge in [-0.1, -0.05) is 55.5 Å². The molecule has 0 saturated carbocycles. The van der Waals surface area contributed by atoms with E-state index in [1.54, 1.807) is 48.3 Å². The van der Waals surface area contributed by atoms with E-state index in [-0.39, 0.29) is 4.90 Å². The average Bonchev–Trinajstić information content (AvgIpc) is 3.59. The van der Waals surface area contributed by atoms with Gasteiger partial charge in [0.1, 0.15) is 0 Å². The Kier molecular flexibility index (Phi) is 10.9. The second-order valence-corrected chi connectivity index (χ2v) is 8.50. The molecule has 7 heteroatoms. The second kappa shape index (κ2) is 13.9. The Bertz CT molecular complexity index is 1160. The lowest BCUT2D eigenvalue weighted by Gasteiger charge is -1.99. The molecule has 0 spiro atoms. The van der Waals surface area contributed by atoms with Crippen molar-refractivity contribution in [3.8, 4) is 0 Å². The molecule has 5 nitrogen and oxygen atoms in total. The van der Waals surface area contributed by atoms with Crippen LogP contribution >= 0.6 is 11.3 Å². The molecule has 2 aromatic carbocycles. The van der Waals surface area contributed by atoms with Crippen molar-refractivity contribution in [2.75, 3.05) is 0 Å². The van der Waals surface area contributed by atoms with Crippen LogP contribution in [0.15, 0.2) is 124 Å². The summed E-state index contributed by atoms with van der Waals surface area (Å²) in [5, 5.41) is 4.77. The maximum Gasteiger partial charge on any atom is 0.294 e. The lowest BCUT2D eigenvalue weighted by Crippen LogP contribution is -1.97. The lowest BCUT2D eigenvalue weighted by atomic mass is 10.2. The molecule has 0 amide bonds. The van der Waals surface area contributed by atoms with E-state index in [0.29, 0.717) is 10.9 Å². The summed E-state index contributed by atoms with van der Waals surface area (Å²) in [6.45, 7) is 2.16. The van der Waals surface area contributed by atoms with Gasteiger partial charge in [0, 0.05) is 11.6 Å². The van der Waals surface area contributed by atoms with E-state index in [1.165, 1.54) is 17.7 Å². The number of benzene rings is 2. The lowest BCUT2D eigenvalue weighted by molar-refractivity contribution is 0.483. The van der Waals surface area contributed by atoms with Crippen LogP contribution in [0.3, 0.4) is 0 Å². The summed E-state index contributed by atoms with van der Waals surface area (Å²) in [7, 11) is -4.12. The van der Waals surface area contributed by atoms with Crippen molar-refractivity contribution in [1.29, 1.82) is 0 Å². The third-order valence-corrected chi connectivity index (χ3v) is 5.45. The number of furan rings is 1. The van der Waals surface area contributed by atoms with Crippen molar-refractivity contribution >= 4 is 32.4 Å². The number of rotatable bonds is 2. The van der Waals surface area contributed by atoms with Gasteiger partial charge in [-0.3, -0.25) is 9.54 Å². The highest BCUT2D eigenvalue weighted by molar-refractivity contribution is 7.85. The summed E-state index contributed by atoms with van der Waals surface area (Å²) in [5.74, 6) is 0. The highest BCUT2D eigenvalue weighted by Crippen LogP contribution is 2.16. The van der Waals surface area contributed by atoms with Gasteiger partial charge in [-0.15, -0.1) is 0 Å². The van der Waals surface area contributed by atoms with Crippen LogP contribution in [-0.4, -0.2) is 18.0 Å². The molecule has 166 valence electrons. The molecule has 0 fully saturated rings. The normalized spacial score (nSPS) is 9.94. The van der Waals surface area contributed by atoms with E-state index in [2.05, 4.69) is 40.6 Å². The summed E-state index contributed by atoms with van der Waals surface area (Å²) in [4.78, 5) is 3.91. The topological polar surface area (TPSA) is 80.4 Å². The molecule has 0 aliphatic carbocycles. The Labute approximate surface area is 192 Å². The largest absolute Gasteiger partial charge is 0.473 e. The Hall–Kier alpha value is -3.26. The third-order valence-electron chi connectivity index (χ3n) is 3.97. The molecule has 0 aliphatic heterocycles. The van der Waals surface area contributed by atoms with Crippen LogP contribution in [0.4, 0.5) is 0 Å². The first kappa shape index (κ1) is 25.0. The summed E-state index contributed by atoms with van der Waals surface area (Å²) >= 11 is 1.71. The second-order valence-electron chi connectivity index (χ2n) is 6.26. The number of hydrogen-bond donors (Lipinski definition) is 1. The number of hydrogen-bond acceptors (Lipinski definition) is 5. The fraction of sp³-hybridized carbons (Fsp3) is 0.0800. The summed E-state index contributed by atoms with van der Waals surface area (Å²) in [5.41, 5.74) is 2.10. The third kappa shape index (κ3) is 9.70. The molecule has 0 aliphatic rings. The van der Waals surface area contributed by atoms with Gasteiger partial charge >= 0.3 is 0 Å². The van der Waals surface area contributed by atoms with Crippen molar-refractivity contribution < 1.29 is 17.4 Å². The minimum absolute atomic E-state index is 0.113. The van der Waals surface area contributed by atoms with Gasteiger partial charge in [0.05, 0.1) is 22.9 Å². The smallest absolute Gasteiger partial charge is 0.294 e. The first-order chi connectivity index (χ1) is 15.5. The van der Waals surface area contributed by atoms with Crippen LogP contribution in [-0.2, 0) is 16.5 Å². The molecule has 32 heavy (non-hydrogen) atoms. The zero-order valence-corrected chi connectivity index (χ0v) is 19.2. The van der Waals surface area contributed by atoms with Crippen LogP contribution in [0.1, 0.15) is 12.5 Å². The van der Waals surface area contributed by atoms with Crippen LogP contribution in [0.2, 0.25) is 0 Å². The van der Waals surface area contributed by atoms with Gasteiger partial charge in [-0.05, 0) is 59.1 Å². The average molecular weight is 468 g/mol. The Morgan fingerprint density at radius 1 is 0.875 bits per heavy atom. The number of fused-ring (bicyclic) bond motifs is 1. The van der Waals surface area contributed by atoms with Gasteiger partial charge in [0.15, 0.2) is 0 Å². The number of aromatic nitrogens is 1. The van der Waals surface area contributed by atoms with Gasteiger partial charge in [0.25, 0.3) is 10.1 Å². The first-order valence-corrected chi connectivity index (χ1v) is 12.2. The van der Waals surface area contributed by atoms with E-state index in [4.69, 9.17) is 4.55 Å². The fourth-order valence-electron chi connectivity index (χ4n) is 2.38. The molecule has 5 aromatic rings. The molecule has 0 radical (unpaired) electrons. The Balaban J connectivity index is 0.000000169. The summed E-state index contributed by atoms with van der Waals surface area (Å²) in [6, 6.07) is 25.9. The van der Waals surface area contributed by atoms with Crippen LogP contribution in [0, 0.1) is 0 Å². The quantitative estimate of drug-likeness (QED) is 0.290. The molecule has 5 rings (SSSR count). The van der Waals surface area contributed by atoms with Crippen molar-refractivity contribution in [3.63, 3.8) is 0 Å². The summed E-state index contributed by atoms with van der Waals surface area (Å²) < 4.78 is 35.0.